The molecule has 2 rings (SSSR count). The summed E-state index contributed by atoms with van der Waals surface area (Å²) in [7, 11) is -2.88. The van der Waals surface area contributed by atoms with Crippen molar-refractivity contribution >= 4 is 9.84 Å². The van der Waals surface area contributed by atoms with E-state index in [2.05, 4.69) is 15.3 Å². The van der Waals surface area contributed by atoms with Crippen LogP contribution in [0.3, 0.4) is 0 Å². The lowest BCUT2D eigenvalue weighted by Crippen LogP contribution is -2.39. The summed E-state index contributed by atoms with van der Waals surface area (Å²) in [6, 6.07) is -0.130. The molecule has 1 aromatic rings. The van der Waals surface area contributed by atoms with E-state index in [0.717, 1.165) is 11.5 Å². The van der Waals surface area contributed by atoms with Crippen LogP contribution in [0.1, 0.15) is 17.6 Å². The number of aryl methyl sites for hydroxylation is 1. The number of hydrogen-bond donors (Lipinski definition) is 2. The molecule has 0 amide bonds. The number of sulfone groups is 1. The Hall–Kier alpha value is -0.880. The van der Waals surface area contributed by atoms with Crippen molar-refractivity contribution < 1.29 is 8.42 Å². The highest BCUT2D eigenvalue weighted by atomic mass is 32.2. The first-order valence-electron chi connectivity index (χ1n) is 4.52. The van der Waals surface area contributed by atoms with Crippen molar-refractivity contribution in [2.75, 3.05) is 18.1 Å². The lowest BCUT2D eigenvalue weighted by atomic mass is 10.2. The highest BCUT2D eigenvalue weighted by Crippen LogP contribution is 2.16. The van der Waals surface area contributed by atoms with E-state index in [-0.39, 0.29) is 17.5 Å². The van der Waals surface area contributed by atoms with Gasteiger partial charge < -0.3 is 10.3 Å². The van der Waals surface area contributed by atoms with Gasteiger partial charge in [0.15, 0.2) is 9.84 Å². The minimum atomic E-state index is -2.88. The molecule has 1 saturated heterocycles. The zero-order chi connectivity index (χ0) is 10.2. The third kappa shape index (κ3) is 1.96. The fraction of sp³-hybridized carbons (Fsp3) is 0.625. The minimum Gasteiger partial charge on any atom is -0.345 e. The first-order chi connectivity index (χ1) is 6.57. The Morgan fingerprint density at radius 3 is 2.93 bits per heavy atom. The molecule has 0 aromatic carbocycles. The molecule has 1 atom stereocenters. The maximum atomic E-state index is 11.4. The number of H-pyrrole nitrogens is 1. The highest BCUT2D eigenvalue weighted by molar-refractivity contribution is 7.91. The average Bonchev–Trinajstić information content (AvgIpc) is 2.50. The fourth-order valence-corrected chi connectivity index (χ4v) is 3.00. The van der Waals surface area contributed by atoms with E-state index in [1.165, 1.54) is 0 Å². The van der Waals surface area contributed by atoms with Crippen LogP contribution < -0.4 is 5.32 Å². The van der Waals surface area contributed by atoms with Gasteiger partial charge in [0.1, 0.15) is 5.82 Å². The molecule has 0 spiro atoms. The summed E-state index contributed by atoms with van der Waals surface area (Å²) in [5.74, 6) is 1.20. The zero-order valence-corrected chi connectivity index (χ0v) is 8.76. The SMILES string of the molecule is Cc1ncc(C2CS(=O)(=O)CCN2)[nH]1. The molecular formula is C8H13N3O2S. The quantitative estimate of drug-likeness (QED) is 0.679. The number of aromatic nitrogens is 2. The molecule has 0 bridgehead atoms. The van der Waals surface area contributed by atoms with Gasteiger partial charge in [-0.3, -0.25) is 0 Å². The third-order valence-corrected chi connectivity index (χ3v) is 3.99. The van der Waals surface area contributed by atoms with Gasteiger partial charge in [-0.25, -0.2) is 13.4 Å². The third-order valence-electron chi connectivity index (χ3n) is 2.32. The molecule has 1 aromatic heterocycles. The van der Waals surface area contributed by atoms with Crippen LogP contribution in [0.4, 0.5) is 0 Å². The van der Waals surface area contributed by atoms with E-state index in [1.54, 1.807) is 6.20 Å². The van der Waals surface area contributed by atoms with Crippen LogP contribution in [0.2, 0.25) is 0 Å². The van der Waals surface area contributed by atoms with Crippen LogP contribution in [0.15, 0.2) is 6.20 Å². The normalized spacial score (nSPS) is 26.2. The first kappa shape index (κ1) is 9.67. The second-order valence-electron chi connectivity index (χ2n) is 3.55. The predicted molar refractivity (Wildman–Crippen MR) is 52.7 cm³/mol. The lowest BCUT2D eigenvalue weighted by Gasteiger charge is -2.22. The van der Waals surface area contributed by atoms with E-state index >= 15 is 0 Å². The molecule has 5 nitrogen and oxygen atoms in total. The van der Waals surface area contributed by atoms with Gasteiger partial charge in [-0.2, -0.15) is 0 Å². The smallest absolute Gasteiger partial charge is 0.153 e. The summed E-state index contributed by atoms with van der Waals surface area (Å²) in [6.07, 6.45) is 1.69. The Bertz CT molecular complexity index is 424. The molecule has 1 aliphatic rings. The van der Waals surface area contributed by atoms with Gasteiger partial charge in [0.2, 0.25) is 0 Å². The topological polar surface area (TPSA) is 74.8 Å². The number of nitrogens with one attached hydrogen (secondary N) is 2. The first-order valence-corrected chi connectivity index (χ1v) is 6.34. The Morgan fingerprint density at radius 1 is 1.57 bits per heavy atom. The van der Waals surface area contributed by atoms with Crippen molar-refractivity contribution in [2.45, 2.75) is 13.0 Å². The number of rotatable bonds is 1. The number of nitrogens with zero attached hydrogens (tertiary/aromatic N) is 1. The van der Waals surface area contributed by atoms with Crippen LogP contribution in [0.5, 0.6) is 0 Å². The van der Waals surface area contributed by atoms with Gasteiger partial charge in [0.25, 0.3) is 0 Å². The number of hydrogen-bond acceptors (Lipinski definition) is 4. The number of aromatic amines is 1. The highest BCUT2D eigenvalue weighted by Gasteiger charge is 2.26. The van der Waals surface area contributed by atoms with E-state index in [9.17, 15) is 8.42 Å². The van der Waals surface area contributed by atoms with Crippen molar-refractivity contribution in [3.05, 3.63) is 17.7 Å². The van der Waals surface area contributed by atoms with E-state index in [1.807, 2.05) is 6.92 Å². The zero-order valence-electron chi connectivity index (χ0n) is 7.95. The molecule has 1 fully saturated rings. The van der Waals surface area contributed by atoms with Gasteiger partial charge in [-0.1, -0.05) is 0 Å². The van der Waals surface area contributed by atoms with Crippen LogP contribution in [-0.4, -0.2) is 36.4 Å². The van der Waals surface area contributed by atoms with Gasteiger partial charge in [-0.05, 0) is 6.92 Å². The van der Waals surface area contributed by atoms with E-state index in [0.29, 0.717) is 6.54 Å². The largest absolute Gasteiger partial charge is 0.345 e. The molecule has 0 aliphatic carbocycles. The van der Waals surface area contributed by atoms with Crippen LogP contribution in [-0.2, 0) is 9.84 Å². The predicted octanol–water partition coefficient (Wildman–Crippen LogP) is -0.223. The Kier molecular flexibility index (Phi) is 2.32. The molecule has 6 heteroatoms. The summed E-state index contributed by atoms with van der Waals surface area (Å²) >= 11 is 0. The van der Waals surface area contributed by atoms with Gasteiger partial charge in [-0.15, -0.1) is 0 Å². The molecule has 14 heavy (non-hydrogen) atoms. The second kappa shape index (κ2) is 3.36. The van der Waals surface area contributed by atoms with Crippen molar-refractivity contribution in [3.8, 4) is 0 Å². The van der Waals surface area contributed by atoms with Crippen molar-refractivity contribution in [3.63, 3.8) is 0 Å². The van der Waals surface area contributed by atoms with E-state index in [4.69, 9.17) is 0 Å². The molecule has 0 radical (unpaired) electrons. The molecule has 78 valence electrons. The lowest BCUT2D eigenvalue weighted by molar-refractivity contribution is 0.525. The van der Waals surface area contributed by atoms with Crippen LogP contribution in [0.25, 0.3) is 0 Å². The summed E-state index contributed by atoms with van der Waals surface area (Å²) < 4.78 is 22.7. The summed E-state index contributed by atoms with van der Waals surface area (Å²) in [6.45, 7) is 2.37. The average molecular weight is 215 g/mol. The summed E-state index contributed by atoms with van der Waals surface area (Å²) in [5, 5.41) is 3.15. The minimum absolute atomic E-state index is 0.130. The summed E-state index contributed by atoms with van der Waals surface area (Å²) in [5.41, 5.74) is 0.853. The standard InChI is InChI=1S/C8H13N3O2S/c1-6-10-4-7(11-6)8-5-14(12,13)3-2-9-8/h4,8-9H,2-3,5H2,1H3,(H,10,11). The van der Waals surface area contributed by atoms with Gasteiger partial charge >= 0.3 is 0 Å². The van der Waals surface area contributed by atoms with Crippen molar-refractivity contribution in [1.82, 2.24) is 15.3 Å². The fourth-order valence-electron chi connectivity index (χ4n) is 1.60. The number of imidazole rings is 1. The van der Waals surface area contributed by atoms with Crippen LogP contribution in [0, 0.1) is 6.92 Å². The molecule has 1 aliphatic heterocycles. The monoisotopic (exact) mass is 215 g/mol. The van der Waals surface area contributed by atoms with Gasteiger partial charge in [0, 0.05) is 12.7 Å². The maximum Gasteiger partial charge on any atom is 0.153 e. The molecular weight excluding hydrogens is 202 g/mol. The summed E-state index contributed by atoms with van der Waals surface area (Å²) in [4.78, 5) is 7.09. The Balaban J connectivity index is 2.20. The molecule has 1 unspecified atom stereocenters. The van der Waals surface area contributed by atoms with Crippen molar-refractivity contribution in [2.24, 2.45) is 0 Å². The Labute approximate surface area is 82.9 Å². The molecule has 0 saturated carbocycles. The van der Waals surface area contributed by atoms with E-state index < -0.39 is 9.84 Å². The molecule has 2 N–H and O–H groups in total. The molecule has 2 heterocycles. The van der Waals surface area contributed by atoms with Crippen molar-refractivity contribution in [1.29, 1.82) is 0 Å². The Morgan fingerprint density at radius 2 is 2.36 bits per heavy atom. The van der Waals surface area contributed by atoms with Crippen LogP contribution >= 0.6 is 0 Å². The van der Waals surface area contributed by atoms with Gasteiger partial charge in [0.05, 0.1) is 23.2 Å². The maximum absolute atomic E-state index is 11.4. The second-order valence-corrected chi connectivity index (χ2v) is 5.77.